The van der Waals surface area contributed by atoms with E-state index in [2.05, 4.69) is 5.32 Å². The Kier molecular flexibility index (Phi) is 13.3. The molecule has 0 fully saturated rings. The van der Waals surface area contributed by atoms with Crippen molar-refractivity contribution in [2.75, 3.05) is 6.61 Å². The summed E-state index contributed by atoms with van der Waals surface area (Å²) in [4.78, 5) is 39.7. The van der Waals surface area contributed by atoms with Crippen LogP contribution >= 0.6 is 23.2 Å². The maximum atomic E-state index is 11.3. The molecule has 0 unspecified atom stereocenters. The van der Waals surface area contributed by atoms with Crippen molar-refractivity contribution in [1.82, 2.24) is 5.32 Å². The summed E-state index contributed by atoms with van der Waals surface area (Å²) < 4.78 is 0. The molecule has 1 aromatic carbocycles. The van der Waals surface area contributed by atoms with Crippen LogP contribution in [0.25, 0.3) is 0 Å². The minimum Gasteiger partial charge on any atom is -0.481 e. The number of aliphatic carboxylic acids is 2. The molecule has 0 aliphatic heterocycles. The van der Waals surface area contributed by atoms with E-state index in [0.717, 1.165) is 0 Å². The Morgan fingerprint density at radius 1 is 1.03 bits per heavy atom. The van der Waals surface area contributed by atoms with Gasteiger partial charge >= 0.3 is 11.9 Å². The number of aliphatic hydroxyl groups is 2. The quantitative estimate of drug-likeness (QED) is 0.139. The lowest BCUT2D eigenvalue weighted by Gasteiger charge is -2.22. The average Bonchev–Trinajstić information content (AvgIpc) is 2.68. The molecule has 0 saturated carbocycles. The molecule has 30 heavy (non-hydrogen) atoms. The Labute approximate surface area is 181 Å². The second-order valence-electron chi connectivity index (χ2n) is 5.89. The molecule has 0 aromatic heterocycles. The minimum absolute atomic E-state index is 0.0628. The van der Waals surface area contributed by atoms with Gasteiger partial charge in [0.05, 0.1) is 17.6 Å². The zero-order valence-corrected chi connectivity index (χ0v) is 17.1. The predicted molar refractivity (Wildman–Crippen MR) is 106 cm³/mol. The van der Waals surface area contributed by atoms with E-state index in [1.165, 1.54) is 24.3 Å². The summed E-state index contributed by atoms with van der Waals surface area (Å²) in [7, 11) is 0. The highest BCUT2D eigenvalue weighted by Gasteiger charge is 2.24. The Balaban J connectivity index is 0.000000710. The second kappa shape index (κ2) is 14.5. The van der Waals surface area contributed by atoms with Crippen LogP contribution in [0, 0.1) is 10.1 Å². The molecule has 0 radical (unpaired) electrons. The summed E-state index contributed by atoms with van der Waals surface area (Å²) in [5.74, 6) is -2.50. The Morgan fingerprint density at radius 3 is 1.83 bits per heavy atom. The van der Waals surface area contributed by atoms with Gasteiger partial charge in [-0.1, -0.05) is 23.2 Å². The molecule has 11 nitrogen and oxygen atoms in total. The molecule has 2 atom stereocenters. The monoisotopic (exact) mass is 468 g/mol. The van der Waals surface area contributed by atoms with Crippen molar-refractivity contribution in [1.29, 1.82) is 0 Å². The number of aliphatic hydroxyl groups excluding tert-OH is 2. The summed E-state index contributed by atoms with van der Waals surface area (Å²) in [6, 6.07) is 4.05. The van der Waals surface area contributed by atoms with Crippen LogP contribution in [-0.2, 0) is 14.4 Å². The van der Waals surface area contributed by atoms with Crippen LogP contribution in [0.15, 0.2) is 24.3 Å². The zero-order chi connectivity index (χ0) is 23.3. The number of hydrogen-bond donors (Lipinski definition) is 5. The number of benzene rings is 1. The molecule has 5 N–H and O–H groups in total. The van der Waals surface area contributed by atoms with Crippen molar-refractivity contribution in [2.45, 2.75) is 42.7 Å². The summed E-state index contributed by atoms with van der Waals surface area (Å²) in [5.41, 5.74) is 0.169. The van der Waals surface area contributed by atoms with Gasteiger partial charge in [-0.05, 0) is 30.5 Å². The summed E-state index contributed by atoms with van der Waals surface area (Å²) in [5, 5.41) is 48.2. The van der Waals surface area contributed by atoms with Gasteiger partial charge in [0.15, 0.2) is 4.84 Å². The lowest BCUT2D eigenvalue weighted by atomic mass is 10.0. The van der Waals surface area contributed by atoms with Gasteiger partial charge < -0.3 is 25.7 Å². The first-order valence-electron chi connectivity index (χ1n) is 8.55. The molecule has 0 aliphatic rings. The predicted octanol–water partition coefficient (Wildman–Crippen LogP) is 1.62. The van der Waals surface area contributed by atoms with Crippen LogP contribution in [0.4, 0.5) is 5.69 Å². The van der Waals surface area contributed by atoms with Crippen molar-refractivity contribution in [3.8, 4) is 0 Å². The van der Waals surface area contributed by atoms with E-state index in [9.17, 15) is 29.6 Å². The minimum atomic E-state index is -1.33. The number of nitrogens with zero attached hydrogens (tertiary/aromatic N) is 1. The summed E-state index contributed by atoms with van der Waals surface area (Å²) in [6.07, 6.45) is -0.235. The molecule has 168 valence electrons. The van der Waals surface area contributed by atoms with Crippen LogP contribution in [0.5, 0.6) is 0 Å². The van der Waals surface area contributed by atoms with Gasteiger partial charge in [-0.3, -0.25) is 24.5 Å². The molecule has 0 heterocycles. The van der Waals surface area contributed by atoms with Gasteiger partial charge in [-0.15, -0.1) is 0 Å². The SMILES string of the molecule is O=C(N[C@@H](CO)[C@@H](O)c1ccc([N+](=O)[O-])cc1)C(Cl)Cl.O=C(O)CCCCC(=O)O. The van der Waals surface area contributed by atoms with E-state index in [1.807, 2.05) is 0 Å². The maximum Gasteiger partial charge on any atom is 0.303 e. The van der Waals surface area contributed by atoms with Crippen molar-refractivity contribution >= 4 is 46.7 Å². The maximum absolute atomic E-state index is 11.3. The van der Waals surface area contributed by atoms with E-state index in [-0.39, 0.29) is 18.5 Å². The van der Waals surface area contributed by atoms with E-state index in [4.69, 9.17) is 38.5 Å². The molecule has 0 saturated heterocycles. The molecule has 1 rings (SSSR count). The highest BCUT2D eigenvalue weighted by atomic mass is 35.5. The highest BCUT2D eigenvalue weighted by molar-refractivity contribution is 6.53. The van der Waals surface area contributed by atoms with Gasteiger partial charge in [0, 0.05) is 25.0 Å². The van der Waals surface area contributed by atoms with Crippen molar-refractivity contribution in [3.63, 3.8) is 0 Å². The molecular formula is C17H22Cl2N2O9. The number of nitro benzene ring substituents is 1. The largest absolute Gasteiger partial charge is 0.481 e. The topological polar surface area (TPSA) is 187 Å². The van der Waals surface area contributed by atoms with Gasteiger partial charge in [0.2, 0.25) is 0 Å². The van der Waals surface area contributed by atoms with Crippen molar-refractivity contribution in [2.24, 2.45) is 0 Å². The standard InChI is InChI=1S/C11H12Cl2N2O5.C6H10O4/c12-10(13)11(18)14-8(5-16)9(17)6-1-3-7(4-2-6)15(19)20;7-5(8)3-1-2-4-6(9)10/h1-4,8-10,16-17H,5H2,(H,14,18);1-4H2,(H,7,8)(H,9,10)/t8-,9-;/m0./s1. The van der Waals surface area contributed by atoms with Gasteiger partial charge in [-0.2, -0.15) is 0 Å². The lowest BCUT2D eigenvalue weighted by molar-refractivity contribution is -0.384. The van der Waals surface area contributed by atoms with E-state index in [0.29, 0.717) is 18.4 Å². The van der Waals surface area contributed by atoms with E-state index < -0.39 is 46.4 Å². The van der Waals surface area contributed by atoms with Gasteiger partial charge in [0.25, 0.3) is 11.6 Å². The van der Waals surface area contributed by atoms with Crippen LogP contribution in [0.2, 0.25) is 0 Å². The molecule has 1 amide bonds. The molecule has 13 heteroatoms. The van der Waals surface area contributed by atoms with Crippen LogP contribution in [0.1, 0.15) is 37.4 Å². The van der Waals surface area contributed by atoms with Crippen molar-refractivity contribution < 1.29 is 39.7 Å². The molecule has 0 aliphatic carbocycles. The molecule has 0 bridgehead atoms. The third-order valence-corrected chi connectivity index (χ3v) is 3.98. The van der Waals surface area contributed by atoms with Crippen LogP contribution < -0.4 is 5.32 Å². The zero-order valence-electron chi connectivity index (χ0n) is 15.6. The number of nitro groups is 1. The Morgan fingerprint density at radius 2 is 1.50 bits per heavy atom. The highest BCUT2D eigenvalue weighted by Crippen LogP contribution is 2.20. The van der Waals surface area contributed by atoms with E-state index in [1.54, 1.807) is 0 Å². The smallest absolute Gasteiger partial charge is 0.303 e. The second-order valence-corrected chi connectivity index (χ2v) is 6.98. The first-order chi connectivity index (χ1) is 14.0. The number of halogens is 2. The summed E-state index contributed by atoms with van der Waals surface area (Å²) in [6.45, 7) is -0.551. The number of rotatable bonds is 11. The normalized spacial score (nSPS) is 12.3. The van der Waals surface area contributed by atoms with Crippen LogP contribution in [0.3, 0.4) is 0 Å². The number of non-ortho nitro benzene ring substituents is 1. The Bertz CT molecular complexity index is 698. The number of nitrogens with one attached hydrogen (secondary N) is 1. The molecular weight excluding hydrogens is 447 g/mol. The fourth-order valence-corrected chi connectivity index (χ4v) is 2.17. The number of carboxylic acid groups (broad SMARTS) is 2. The number of carbonyl (C=O) groups excluding carboxylic acids is 1. The third-order valence-electron chi connectivity index (χ3n) is 3.58. The first kappa shape index (κ1) is 27.5. The van der Waals surface area contributed by atoms with Crippen LogP contribution in [-0.4, -0.2) is 60.7 Å². The molecule has 0 spiro atoms. The average molecular weight is 469 g/mol. The number of carbonyl (C=O) groups is 3. The fourth-order valence-electron chi connectivity index (χ4n) is 2.05. The fraction of sp³-hybridized carbons (Fsp3) is 0.471. The van der Waals surface area contributed by atoms with Crippen molar-refractivity contribution in [3.05, 3.63) is 39.9 Å². The lowest BCUT2D eigenvalue weighted by Crippen LogP contribution is -2.44. The van der Waals surface area contributed by atoms with Gasteiger partial charge in [0.1, 0.15) is 6.10 Å². The first-order valence-corrected chi connectivity index (χ1v) is 9.42. The number of amides is 1. The number of alkyl halides is 2. The van der Waals surface area contributed by atoms with E-state index >= 15 is 0 Å². The summed E-state index contributed by atoms with van der Waals surface area (Å²) >= 11 is 10.7. The Hall–Kier alpha value is -2.47. The third kappa shape index (κ3) is 11.5. The molecule has 1 aromatic rings. The number of hydrogen-bond acceptors (Lipinski definition) is 7. The number of carboxylic acids is 2. The van der Waals surface area contributed by atoms with Gasteiger partial charge in [-0.25, -0.2) is 0 Å². The number of unbranched alkanes of at least 4 members (excludes halogenated alkanes) is 1.